The summed E-state index contributed by atoms with van der Waals surface area (Å²) in [6.45, 7) is 5.99. The Labute approximate surface area is 119 Å². The van der Waals surface area contributed by atoms with Crippen LogP contribution in [0.15, 0.2) is 42.5 Å². The molecule has 0 amide bonds. The highest BCUT2D eigenvalue weighted by atomic mass is 19.1. The molecular weight excluding hydrogens is 253 g/mol. The number of nitrogens with two attached hydrogens (primary N) is 1. The second-order valence-electron chi connectivity index (χ2n) is 5.27. The molecule has 0 spiro atoms. The number of hydrogen-bond donors (Lipinski definition) is 1. The van der Waals surface area contributed by atoms with E-state index in [2.05, 4.69) is 19.9 Å². The van der Waals surface area contributed by atoms with Gasteiger partial charge in [-0.15, -0.1) is 0 Å². The van der Waals surface area contributed by atoms with Crippen LogP contribution in [0.3, 0.4) is 0 Å². The Hall–Kier alpha value is -1.87. The molecule has 1 atom stereocenters. The topological polar surface area (TPSA) is 35.2 Å². The van der Waals surface area contributed by atoms with E-state index < -0.39 is 6.04 Å². The number of ether oxygens (including phenoxy) is 1. The lowest BCUT2D eigenvalue weighted by Crippen LogP contribution is -2.09. The van der Waals surface area contributed by atoms with Crippen molar-refractivity contribution < 1.29 is 9.13 Å². The highest BCUT2D eigenvalue weighted by Crippen LogP contribution is 2.31. The van der Waals surface area contributed by atoms with E-state index in [9.17, 15) is 4.39 Å². The fourth-order valence-corrected chi connectivity index (χ4v) is 2.11. The van der Waals surface area contributed by atoms with Crippen LogP contribution in [0.2, 0.25) is 0 Å². The summed E-state index contributed by atoms with van der Waals surface area (Å²) >= 11 is 0. The van der Waals surface area contributed by atoms with Gasteiger partial charge >= 0.3 is 0 Å². The van der Waals surface area contributed by atoms with Crippen molar-refractivity contribution in [2.24, 2.45) is 5.73 Å². The van der Waals surface area contributed by atoms with Crippen molar-refractivity contribution >= 4 is 0 Å². The van der Waals surface area contributed by atoms with Gasteiger partial charge in [0.25, 0.3) is 0 Å². The average molecular weight is 273 g/mol. The van der Waals surface area contributed by atoms with E-state index in [0.717, 1.165) is 0 Å². The summed E-state index contributed by atoms with van der Waals surface area (Å²) in [7, 11) is 0. The maximum Gasteiger partial charge on any atom is 0.135 e. The van der Waals surface area contributed by atoms with Gasteiger partial charge in [-0.3, -0.25) is 0 Å². The van der Waals surface area contributed by atoms with Crippen molar-refractivity contribution in [1.82, 2.24) is 0 Å². The van der Waals surface area contributed by atoms with E-state index >= 15 is 0 Å². The molecule has 20 heavy (non-hydrogen) atoms. The van der Waals surface area contributed by atoms with E-state index in [1.807, 2.05) is 18.2 Å². The molecule has 0 aliphatic rings. The second-order valence-corrected chi connectivity index (χ2v) is 5.27. The van der Waals surface area contributed by atoms with Crippen LogP contribution in [0.25, 0.3) is 0 Å². The molecular formula is C17H20FNO. The predicted octanol–water partition coefficient (Wildman–Crippen LogP) is 4.76. The third-order valence-corrected chi connectivity index (χ3v) is 3.22. The quantitative estimate of drug-likeness (QED) is 0.871. The van der Waals surface area contributed by atoms with Gasteiger partial charge in [-0.1, -0.05) is 32.0 Å². The maximum atomic E-state index is 13.9. The molecule has 0 saturated heterocycles. The van der Waals surface area contributed by atoms with Crippen LogP contribution in [0, 0.1) is 5.82 Å². The summed E-state index contributed by atoms with van der Waals surface area (Å²) < 4.78 is 19.7. The minimum absolute atomic E-state index is 0.336. The molecule has 0 radical (unpaired) electrons. The van der Waals surface area contributed by atoms with Crippen molar-refractivity contribution in [3.63, 3.8) is 0 Å². The first-order chi connectivity index (χ1) is 9.49. The van der Waals surface area contributed by atoms with Gasteiger partial charge in [0.05, 0.1) is 0 Å². The van der Waals surface area contributed by atoms with Crippen LogP contribution in [-0.2, 0) is 0 Å². The van der Waals surface area contributed by atoms with Crippen molar-refractivity contribution in [2.45, 2.75) is 32.7 Å². The molecule has 0 bridgehead atoms. The maximum absolute atomic E-state index is 13.9. The first kappa shape index (κ1) is 14.5. The Balaban J connectivity index is 2.35. The van der Waals surface area contributed by atoms with Gasteiger partial charge in [0.1, 0.15) is 17.3 Å². The molecule has 0 unspecified atom stereocenters. The van der Waals surface area contributed by atoms with E-state index in [1.165, 1.54) is 11.6 Å². The largest absolute Gasteiger partial charge is 0.457 e. The number of rotatable bonds is 4. The molecule has 2 aromatic carbocycles. The molecule has 0 aromatic heterocycles. The highest BCUT2D eigenvalue weighted by molar-refractivity contribution is 5.41. The molecule has 0 heterocycles. The second kappa shape index (κ2) is 6.06. The Morgan fingerprint density at radius 2 is 1.75 bits per heavy atom. The van der Waals surface area contributed by atoms with Crippen molar-refractivity contribution in [3.05, 3.63) is 59.4 Å². The Bertz CT molecular complexity index is 593. The standard InChI is InChI=1S/C17H20FNO/c1-11(2)13-6-4-7-14(10-13)20-16-9-5-8-15(18)17(16)12(3)19/h4-12H,19H2,1-3H3/t12-/m1/s1. The number of halogens is 1. The molecule has 106 valence electrons. The van der Waals surface area contributed by atoms with Crippen LogP contribution < -0.4 is 10.5 Å². The van der Waals surface area contributed by atoms with E-state index in [-0.39, 0.29) is 5.82 Å². The molecule has 0 aliphatic carbocycles. The fourth-order valence-electron chi connectivity index (χ4n) is 2.11. The van der Waals surface area contributed by atoms with E-state index in [4.69, 9.17) is 10.5 Å². The smallest absolute Gasteiger partial charge is 0.135 e. The minimum atomic E-state index is -0.417. The van der Waals surface area contributed by atoms with E-state index in [0.29, 0.717) is 23.0 Å². The summed E-state index contributed by atoms with van der Waals surface area (Å²) in [5.41, 5.74) is 7.41. The monoisotopic (exact) mass is 273 g/mol. The third-order valence-electron chi connectivity index (χ3n) is 3.22. The molecule has 3 heteroatoms. The molecule has 0 fully saturated rings. The van der Waals surface area contributed by atoms with Gasteiger partial charge in [-0.2, -0.15) is 0 Å². The Morgan fingerprint density at radius 1 is 1.05 bits per heavy atom. The molecule has 2 N–H and O–H groups in total. The molecule has 2 rings (SSSR count). The van der Waals surface area contributed by atoms with Crippen molar-refractivity contribution in [1.29, 1.82) is 0 Å². The summed E-state index contributed by atoms with van der Waals surface area (Å²) in [5.74, 6) is 1.25. The van der Waals surface area contributed by atoms with Gasteiger partial charge in [-0.25, -0.2) is 4.39 Å². The number of benzene rings is 2. The highest BCUT2D eigenvalue weighted by Gasteiger charge is 2.14. The van der Waals surface area contributed by atoms with Gasteiger partial charge in [0, 0.05) is 11.6 Å². The Morgan fingerprint density at radius 3 is 2.40 bits per heavy atom. The van der Waals surface area contributed by atoms with Crippen molar-refractivity contribution in [3.8, 4) is 11.5 Å². The Kier molecular flexibility index (Phi) is 4.40. The first-order valence-corrected chi connectivity index (χ1v) is 6.81. The van der Waals surface area contributed by atoms with Crippen LogP contribution in [0.1, 0.15) is 43.9 Å². The van der Waals surface area contributed by atoms with Gasteiger partial charge in [0.15, 0.2) is 0 Å². The molecule has 2 aromatic rings. The first-order valence-electron chi connectivity index (χ1n) is 6.81. The predicted molar refractivity (Wildman–Crippen MR) is 79.6 cm³/mol. The molecule has 2 nitrogen and oxygen atoms in total. The lowest BCUT2D eigenvalue weighted by molar-refractivity contribution is 0.460. The summed E-state index contributed by atoms with van der Waals surface area (Å²) in [6, 6.07) is 12.2. The lowest BCUT2D eigenvalue weighted by Gasteiger charge is -2.15. The van der Waals surface area contributed by atoms with Crippen molar-refractivity contribution in [2.75, 3.05) is 0 Å². The van der Waals surface area contributed by atoms with Crippen LogP contribution in [0.4, 0.5) is 4.39 Å². The zero-order valence-corrected chi connectivity index (χ0v) is 12.1. The molecule has 0 aliphatic heterocycles. The van der Waals surface area contributed by atoms with Gasteiger partial charge in [0.2, 0.25) is 0 Å². The normalized spacial score (nSPS) is 12.5. The van der Waals surface area contributed by atoms with Gasteiger partial charge in [-0.05, 0) is 42.7 Å². The third kappa shape index (κ3) is 3.17. The summed E-state index contributed by atoms with van der Waals surface area (Å²) in [5, 5.41) is 0. The minimum Gasteiger partial charge on any atom is -0.457 e. The molecule has 0 saturated carbocycles. The van der Waals surface area contributed by atoms with Crippen LogP contribution in [0.5, 0.6) is 11.5 Å². The average Bonchev–Trinajstić information content (AvgIpc) is 2.38. The van der Waals surface area contributed by atoms with E-state index in [1.54, 1.807) is 19.1 Å². The lowest BCUT2D eigenvalue weighted by atomic mass is 10.0. The number of hydrogen-bond acceptors (Lipinski definition) is 2. The summed E-state index contributed by atoms with van der Waals surface area (Å²) in [6.07, 6.45) is 0. The fraction of sp³-hybridized carbons (Fsp3) is 0.294. The zero-order chi connectivity index (χ0) is 14.7. The van der Waals surface area contributed by atoms with Gasteiger partial charge < -0.3 is 10.5 Å². The SMILES string of the molecule is CC(C)c1cccc(Oc2cccc(F)c2[C@@H](C)N)c1. The zero-order valence-electron chi connectivity index (χ0n) is 12.1. The van der Waals surface area contributed by atoms with Crippen LogP contribution >= 0.6 is 0 Å². The van der Waals surface area contributed by atoms with Crippen LogP contribution in [-0.4, -0.2) is 0 Å². The summed E-state index contributed by atoms with van der Waals surface area (Å²) in [4.78, 5) is 0.